The summed E-state index contributed by atoms with van der Waals surface area (Å²) in [6, 6.07) is 7.58. The molecule has 1 aromatic carbocycles. The molecule has 22 heavy (non-hydrogen) atoms. The third kappa shape index (κ3) is 4.73. The quantitative estimate of drug-likeness (QED) is 0.860. The number of hydrogen-bond donors (Lipinski definition) is 2. The molecule has 0 aliphatic carbocycles. The van der Waals surface area contributed by atoms with Gasteiger partial charge in [0.1, 0.15) is 10.8 Å². The number of nitrogens with one attached hydrogen (secondary N) is 2. The van der Waals surface area contributed by atoms with Gasteiger partial charge in [0.2, 0.25) is 0 Å². The lowest BCUT2D eigenvalue weighted by molar-refractivity contribution is 0.238. The Hall–Kier alpha value is -2.08. The maximum absolute atomic E-state index is 11.9. The fourth-order valence-electron chi connectivity index (χ4n) is 1.99. The number of ether oxygens (including phenoxy) is 1. The molecule has 0 bridgehead atoms. The number of nitrogens with zero attached hydrogens (tertiary/aromatic N) is 1. The molecule has 0 spiro atoms. The van der Waals surface area contributed by atoms with Gasteiger partial charge in [0, 0.05) is 17.6 Å². The maximum atomic E-state index is 11.9. The maximum Gasteiger partial charge on any atom is 0.315 e. The molecule has 0 saturated carbocycles. The van der Waals surface area contributed by atoms with Crippen LogP contribution in [0.2, 0.25) is 0 Å². The van der Waals surface area contributed by atoms with Gasteiger partial charge in [-0.3, -0.25) is 0 Å². The van der Waals surface area contributed by atoms with Crippen LogP contribution in [0.25, 0.3) is 0 Å². The van der Waals surface area contributed by atoms with E-state index in [1.807, 2.05) is 43.5 Å². The van der Waals surface area contributed by atoms with Gasteiger partial charge in [0.05, 0.1) is 13.2 Å². The average Bonchev–Trinajstić information content (AvgIpc) is 2.94. The number of thiazole rings is 1. The fourth-order valence-corrected chi connectivity index (χ4v) is 2.80. The number of carbonyl (C=O) groups is 1. The van der Waals surface area contributed by atoms with Gasteiger partial charge in [-0.25, -0.2) is 9.78 Å². The van der Waals surface area contributed by atoms with Crippen molar-refractivity contribution < 1.29 is 9.53 Å². The van der Waals surface area contributed by atoms with Crippen molar-refractivity contribution in [3.63, 3.8) is 0 Å². The second kappa shape index (κ2) is 7.79. The van der Waals surface area contributed by atoms with Crippen LogP contribution in [0, 0.1) is 6.92 Å². The van der Waals surface area contributed by atoms with Crippen molar-refractivity contribution in [2.45, 2.75) is 26.3 Å². The van der Waals surface area contributed by atoms with Crippen LogP contribution in [0.1, 0.15) is 29.2 Å². The highest BCUT2D eigenvalue weighted by atomic mass is 32.1. The third-order valence-electron chi connectivity index (χ3n) is 3.21. The van der Waals surface area contributed by atoms with Gasteiger partial charge in [-0.15, -0.1) is 11.3 Å². The number of rotatable bonds is 6. The van der Waals surface area contributed by atoms with E-state index >= 15 is 0 Å². The topological polar surface area (TPSA) is 63.2 Å². The van der Waals surface area contributed by atoms with Crippen LogP contribution in [-0.4, -0.2) is 24.7 Å². The van der Waals surface area contributed by atoms with Crippen LogP contribution in [0.3, 0.4) is 0 Å². The van der Waals surface area contributed by atoms with E-state index in [0.717, 1.165) is 28.4 Å². The molecule has 1 aromatic heterocycles. The molecule has 118 valence electrons. The van der Waals surface area contributed by atoms with E-state index < -0.39 is 0 Å². The number of aromatic nitrogens is 1. The molecule has 1 heterocycles. The number of methoxy groups -OCH3 is 1. The number of aryl methyl sites for hydroxylation is 1. The van der Waals surface area contributed by atoms with Gasteiger partial charge in [0.15, 0.2) is 0 Å². The minimum absolute atomic E-state index is 0.0836. The smallest absolute Gasteiger partial charge is 0.315 e. The molecule has 2 rings (SSSR count). The van der Waals surface area contributed by atoms with Crippen LogP contribution in [-0.2, 0) is 6.42 Å². The van der Waals surface area contributed by atoms with Crippen LogP contribution in [0.4, 0.5) is 4.79 Å². The van der Waals surface area contributed by atoms with Gasteiger partial charge < -0.3 is 15.4 Å². The predicted molar refractivity (Wildman–Crippen MR) is 88.5 cm³/mol. The SMILES string of the molecule is COc1ccc(CCNC(=O)NC(C)c2nc(C)cs2)cc1. The second-order valence-electron chi connectivity index (χ2n) is 5.05. The van der Waals surface area contributed by atoms with E-state index in [-0.39, 0.29) is 12.1 Å². The molecule has 0 fully saturated rings. The molecule has 1 atom stereocenters. The van der Waals surface area contributed by atoms with E-state index in [4.69, 9.17) is 4.74 Å². The van der Waals surface area contributed by atoms with Crippen molar-refractivity contribution in [2.75, 3.05) is 13.7 Å². The zero-order chi connectivity index (χ0) is 15.9. The summed E-state index contributed by atoms with van der Waals surface area (Å²) in [5, 5.41) is 8.66. The molecule has 1 unspecified atom stereocenters. The first-order valence-electron chi connectivity index (χ1n) is 7.18. The Kier molecular flexibility index (Phi) is 5.77. The molecule has 5 nitrogen and oxygen atoms in total. The Morgan fingerprint density at radius 1 is 1.36 bits per heavy atom. The lowest BCUT2D eigenvalue weighted by Crippen LogP contribution is -2.38. The molecule has 6 heteroatoms. The molecular formula is C16H21N3O2S. The zero-order valence-corrected chi connectivity index (χ0v) is 13.9. The molecule has 0 aliphatic rings. The summed E-state index contributed by atoms with van der Waals surface area (Å²) < 4.78 is 5.11. The highest BCUT2D eigenvalue weighted by molar-refractivity contribution is 7.09. The van der Waals surface area contributed by atoms with Gasteiger partial charge in [-0.05, 0) is 38.0 Å². The number of amides is 2. The van der Waals surface area contributed by atoms with E-state index in [0.29, 0.717) is 6.54 Å². The van der Waals surface area contributed by atoms with Crippen molar-refractivity contribution in [3.05, 3.63) is 45.9 Å². The first-order chi connectivity index (χ1) is 10.6. The number of hydrogen-bond acceptors (Lipinski definition) is 4. The molecule has 0 saturated heterocycles. The zero-order valence-electron chi connectivity index (χ0n) is 13.1. The van der Waals surface area contributed by atoms with Gasteiger partial charge in [-0.1, -0.05) is 12.1 Å². The minimum atomic E-state index is -0.172. The van der Waals surface area contributed by atoms with E-state index in [9.17, 15) is 4.79 Å². The molecule has 0 radical (unpaired) electrons. The van der Waals surface area contributed by atoms with Crippen LogP contribution >= 0.6 is 11.3 Å². The monoisotopic (exact) mass is 319 g/mol. The summed E-state index contributed by atoms with van der Waals surface area (Å²) in [4.78, 5) is 16.2. The normalized spacial score (nSPS) is 11.8. The molecule has 2 aromatic rings. The van der Waals surface area contributed by atoms with Gasteiger partial charge >= 0.3 is 6.03 Å². The summed E-state index contributed by atoms with van der Waals surface area (Å²) in [6.07, 6.45) is 0.780. The average molecular weight is 319 g/mol. The Morgan fingerprint density at radius 2 is 2.09 bits per heavy atom. The lowest BCUT2D eigenvalue weighted by Gasteiger charge is -2.12. The highest BCUT2D eigenvalue weighted by Gasteiger charge is 2.12. The summed E-state index contributed by atoms with van der Waals surface area (Å²) in [6.45, 7) is 4.46. The molecule has 2 amide bonds. The largest absolute Gasteiger partial charge is 0.497 e. The Morgan fingerprint density at radius 3 is 2.68 bits per heavy atom. The summed E-state index contributed by atoms with van der Waals surface area (Å²) in [7, 11) is 1.64. The van der Waals surface area contributed by atoms with E-state index in [1.165, 1.54) is 0 Å². The summed E-state index contributed by atoms with van der Waals surface area (Å²) >= 11 is 1.56. The number of benzene rings is 1. The van der Waals surface area contributed by atoms with Crippen LogP contribution in [0.5, 0.6) is 5.75 Å². The molecular weight excluding hydrogens is 298 g/mol. The minimum Gasteiger partial charge on any atom is -0.497 e. The van der Waals surface area contributed by atoms with Crippen molar-refractivity contribution >= 4 is 17.4 Å². The summed E-state index contributed by atoms with van der Waals surface area (Å²) in [5.74, 6) is 0.835. The predicted octanol–water partition coefficient (Wildman–Crippen LogP) is 3.06. The van der Waals surface area contributed by atoms with Crippen molar-refractivity contribution in [3.8, 4) is 5.75 Å². The Balaban J connectivity index is 1.73. The fraction of sp³-hybridized carbons (Fsp3) is 0.375. The van der Waals surface area contributed by atoms with Crippen LogP contribution < -0.4 is 15.4 Å². The molecule has 0 aliphatic heterocycles. The second-order valence-corrected chi connectivity index (χ2v) is 5.94. The number of carbonyl (C=O) groups excluding carboxylic acids is 1. The van der Waals surface area contributed by atoms with Crippen molar-refractivity contribution in [2.24, 2.45) is 0 Å². The first kappa shape index (κ1) is 16.3. The van der Waals surface area contributed by atoms with Crippen LogP contribution in [0.15, 0.2) is 29.6 Å². The Labute approximate surface area is 134 Å². The third-order valence-corrected chi connectivity index (χ3v) is 4.36. The summed E-state index contributed by atoms with van der Waals surface area (Å²) in [5.41, 5.74) is 2.14. The lowest BCUT2D eigenvalue weighted by atomic mass is 10.1. The Bertz CT molecular complexity index is 610. The van der Waals surface area contributed by atoms with Crippen molar-refractivity contribution in [1.82, 2.24) is 15.6 Å². The van der Waals surface area contributed by atoms with Gasteiger partial charge in [0.25, 0.3) is 0 Å². The van der Waals surface area contributed by atoms with E-state index in [1.54, 1.807) is 18.4 Å². The highest BCUT2D eigenvalue weighted by Crippen LogP contribution is 2.17. The molecule has 2 N–H and O–H groups in total. The first-order valence-corrected chi connectivity index (χ1v) is 8.06. The van der Waals surface area contributed by atoms with Crippen molar-refractivity contribution in [1.29, 1.82) is 0 Å². The van der Waals surface area contributed by atoms with E-state index in [2.05, 4.69) is 15.6 Å². The standard InChI is InChI=1S/C16H21N3O2S/c1-11-10-22-15(18-11)12(2)19-16(20)17-9-8-13-4-6-14(21-3)7-5-13/h4-7,10,12H,8-9H2,1-3H3,(H2,17,19,20). The number of urea groups is 1. The van der Waals surface area contributed by atoms with Gasteiger partial charge in [-0.2, -0.15) is 0 Å².